The first-order valence-corrected chi connectivity index (χ1v) is 8.06. The minimum atomic E-state index is -1.32. The molecule has 0 aliphatic heterocycles. The van der Waals surface area contributed by atoms with Crippen molar-refractivity contribution in [3.63, 3.8) is 0 Å². The third kappa shape index (κ3) is 6.32. The Hall–Kier alpha value is -3.03. The zero-order valence-electron chi connectivity index (χ0n) is 14.5. The monoisotopic (exact) mass is 381 g/mol. The molecule has 0 aliphatic rings. The third-order valence-electron chi connectivity index (χ3n) is 3.73. The van der Waals surface area contributed by atoms with Crippen molar-refractivity contribution in [3.8, 4) is 0 Å². The molecule has 0 aromatic heterocycles. The molecule has 0 spiro atoms. The molecule has 2 aromatic carbocycles. The Morgan fingerprint density at radius 2 is 1.70 bits per heavy atom. The molecule has 0 saturated carbocycles. The van der Waals surface area contributed by atoms with Crippen LogP contribution < -0.4 is 5.32 Å². The second kappa shape index (κ2) is 9.61. The highest BCUT2D eigenvalue weighted by Gasteiger charge is 2.21. The van der Waals surface area contributed by atoms with Crippen LogP contribution in [-0.2, 0) is 27.3 Å². The number of alkyl carbamates (subject to hydrolysis) is 1. The SMILES string of the molecule is COC(=O)C[C@@H](Cc1cc(F)c(F)cc1F)NC(=O)OCc1ccccc1. The van der Waals surface area contributed by atoms with E-state index in [1.165, 1.54) is 0 Å². The van der Waals surface area contributed by atoms with Crippen LogP contribution in [0.2, 0.25) is 0 Å². The van der Waals surface area contributed by atoms with Crippen LogP contribution in [0.5, 0.6) is 0 Å². The first-order valence-electron chi connectivity index (χ1n) is 8.06. The fourth-order valence-corrected chi connectivity index (χ4v) is 2.38. The summed E-state index contributed by atoms with van der Waals surface area (Å²) in [6.07, 6.45) is -1.38. The molecule has 1 N–H and O–H groups in total. The van der Waals surface area contributed by atoms with E-state index in [-0.39, 0.29) is 25.0 Å². The molecule has 0 saturated heterocycles. The average molecular weight is 381 g/mol. The molecular weight excluding hydrogens is 363 g/mol. The van der Waals surface area contributed by atoms with Gasteiger partial charge in [-0.15, -0.1) is 0 Å². The van der Waals surface area contributed by atoms with E-state index in [0.29, 0.717) is 12.1 Å². The maximum absolute atomic E-state index is 13.9. The molecule has 2 rings (SSSR count). The molecule has 0 radical (unpaired) electrons. The summed E-state index contributed by atoms with van der Waals surface area (Å²) < 4.78 is 49.9. The number of nitrogens with one attached hydrogen (secondary N) is 1. The fraction of sp³-hybridized carbons (Fsp3) is 0.263. The average Bonchev–Trinajstić information content (AvgIpc) is 2.65. The minimum absolute atomic E-state index is 0.00282. The van der Waals surface area contributed by atoms with Crippen molar-refractivity contribution in [1.82, 2.24) is 5.32 Å². The second-order valence-corrected chi connectivity index (χ2v) is 5.75. The summed E-state index contributed by atoms with van der Waals surface area (Å²) in [6.45, 7) is -0.00282. The molecule has 0 aliphatic carbocycles. The van der Waals surface area contributed by atoms with Gasteiger partial charge in [0.15, 0.2) is 11.6 Å². The van der Waals surface area contributed by atoms with Crippen LogP contribution in [0.25, 0.3) is 0 Å². The van der Waals surface area contributed by atoms with Crippen LogP contribution in [0.15, 0.2) is 42.5 Å². The van der Waals surface area contributed by atoms with Crippen molar-refractivity contribution in [3.05, 3.63) is 71.0 Å². The van der Waals surface area contributed by atoms with E-state index in [1.54, 1.807) is 24.3 Å². The van der Waals surface area contributed by atoms with Crippen molar-refractivity contribution in [1.29, 1.82) is 0 Å². The van der Waals surface area contributed by atoms with Crippen LogP contribution in [0, 0.1) is 17.5 Å². The number of carbonyl (C=O) groups is 2. The van der Waals surface area contributed by atoms with Gasteiger partial charge in [-0.05, 0) is 23.6 Å². The van der Waals surface area contributed by atoms with Crippen LogP contribution in [-0.4, -0.2) is 25.2 Å². The molecule has 0 unspecified atom stereocenters. The lowest BCUT2D eigenvalue weighted by Crippen LogP contribution is -2.38. The van der Waals surface area contributed by atoms with E-state index in [0.717, 1.165) is 12.7 Å². The summed E-state index contributed by atoms with van der Waals surface area (Å²) in [5.41, 5.74) is 0.565. The Labute approximate surface area is 154 Å². The summed E-state index contributed by atoms with van der Waals surface area (Å²) in [4.78, 5) is 23.5. The maximum atomic E-state index is 13.9. The molecule has 0 heterocycles. The van der Waals surface area contributed by atoms with Gasteiger partial charge < -0.3 is 14.8 Å². The Morgan fingerprint density at radius 1 is 1.04 bits per heavy atom. The molecule has 0 fully saturated rings. The summed E-state index contributed by atoms with van der Waals surface area (Å²) in [5, 5.41) is 2.42. The molecule has 144 valence electrons. The van der Waals surface area contributed by atoms with Gasteiger partial charge in [-0.3, -0.25) is 4.79 Å². The minimum Gasteiger partial charge on any atom is -0.469 e. The number of carbonyl (C=O) groups excluding carboxylic acids is 2. The van der Waals surface area contributed by atoms with Gasteiger partial charge >= 0.3 is 12.1 Å². The molecule has 2 aromatic rings. The van der Waals surface area contributed by atoms with Gasteiger partial charge in [0.25, 0.3) is 0 Å². The number of hydrogen-bond acceptors (Lipinski definition) is 4. The van der Waals surface area contributed by atoms with Crippen molar-refractivity contribution in [2.45, 2.75) is 25.5 Å². The van der Waals surface area contributed by atoms with E-state index in [9.17, 15) is 22.8 Å². The number of halogens is 3. The normalized spacial score (nSPS) is 11.6. The van der Waals surface area contributed by atoms with Crippen molar-refractivity contribution < 1.29 is 32.2 Å². The number of rotatable bonds is 7. The number of ether oxygens (including phenoxy) is 2. The van der Waals surface area contributed by atoms with Gasteiger partial charge in [0.2, 0.25) is 0 Å². The standard InChI is InChI=1S/C19H18F3NO4/c1-26-18(24)9-14(7-13-8-16(21)17(22)10-15(13)20)23-19(25)27-11-12-5-3-2-4-6-12/h2-6,8,10,14H,7,9,11H2,1H3,(H,23,25)/t14-/m1/s1. The van der Waals surface area contributed by atoms with Crippen LogP contribution in [0.3, 0.4) is 0 Å². The molecule has 1 amide bonds. The summed E-state index contributed by atoms with van der Waals surface area (Å²) in [5.74, 6) is -4.19. The van der Waals surface area contributed by atoms with Gasteiger partial charge in [-0.2, -0.15) is 0 Å². The lowest BCUT2D eigenvalue weighted by molar-refractivity contribution is -0.141. The quantitative estimate of drug-likeness (QED) is 0.589. The smallest absolute Gasteiger partial charge is 0.407 e. The zero-order chi connectivity index (χ0) is 19.8. The number of esters is 1. The first kappa shape index (κ1) is 20.3. The predicted molar refractivity (Wildman–Crippen MR) is 90.2 cm³/mol. The largest absolute Gasteiger partial charge is 0.469 e. The Morgan fingerprint density at radius 3 is 2.37 bits per heavy atom. The molecule has 27 heavy (non-hydrogen) atoms. The van der Waals surface area contributed by atoms with E-state index in [4.69, 9.17) is 4.74 Å². The lowest BCUT2D eigenvalue weighted by Gasteiger charge is -2.18. The van der Waals surface area contributed by atoms with Crippen molar-refractivity contribution in [2.75, 3.05) is 7.11 Å². The highest BCUT2D eigenvalue weighted by molar-refractivity contribution is 5.72. The van der Waals surface area contributed by atoms with Gasteiger partial charge in [0.05, 0.1) is 13.5 Å². The Balaban J connectivity index is 2.04. The molecular formula is C19H18F3NO4. The van der Waals surface area contributed by atoms with Gasteiger partial charge in [0.1, 0.15) is 12.4 Å². The van der Waals surface area contributed by atoms with Crippen molar-refractivity contribution in [2.24, 2.45) is 0 Å². The van der Waals surface area contributed by atoms with Crippen LogP contribution in [0.4, 0.5) is 18.0 Å². The molecule has 5 nitrogen and oxygen atoms in total. The summed E-state index contributed by atoms with van der Waals surface area (Å²) in [7, 11) is 1.16. The second-order valence-electron chi connectivity index (χ2n) is 5.75. The van der Waals surface area contributed by atoms with Crippen molar-refractivity contribution >= 4 is 12.1 Å². The number of methoxy groups -OCH3 is 1. The molecule has 8 heteroatoms. The number of amides is 1. The zero-order valence-corrected chi connectivity index (χ0v) is 14.5. The summed E-state index contributed by atoms with van der Waals surface area (Å²) in [6, 6.07) is 9.06. The van der Waals surface area contributed by atoms with Gasteiger partial charge in [0, 0.05) is 12.1 Å². The highest BCUT2D eigenvalue weighted by atomic mass is 19.2. The number of hydrogen-bond donors (Lipinski definition) is 1. The van der Waals surface area contributed by atoms with Gasteiger partial charge in [-0.1, -0.05) is 30.3 Å². The molecule has 1 atom stereocenters. The van der Waals surface area contributed by atoms with Crippen LogP contribution in [0.1, 0.15) is 17.5 Å². The van der Waals surface area contributed by atoms with E-state index < -0.39 is 35.6 Å². The highest BCUT2D eigenvalue weighted by Crippen LogP contribution is 2.16. The molecule has 0 bridgehead atoms. The topological polar surface area (TPSA) is 64.6 Å². The first-order chi connectivity index (χ1) is 12.9. The fourth-order valence-electron chi connectivity index (χ4n) is 2.38. The van der Waals surface area contributed by atoms with Gasteiger partial charge in [-0.25, -0.2) is 18.0 Å². The van der Waals surface area contributed by atoms with Crippen LogP contribution >= 0.6 is 0 Å². The van der Waals surface area contributed by atoms with E-state index in [1.807, 2.05) is 6.07 Å². The lowest BCUT2D eigenvalue weighted by atomic mass is 10.0. The predicted octanol–water partition coefficient (Wildman–Crippen LogP) is 3.50. The van der Waals surface area contributed by atoms with E-state index >= 15 is 0 Å². The maximum Gasteiger partial charge on any atom is 0.407 e. The Bertz CT molecular complexity index is 799. The summed E-state index contributed by atoms with van der Waals surface area (Å²) >= 11 is 0. The van der Waals surface area contributed by atoms with E-state index in [2.05, 4.69) is 10.1 Å². The third-order valence-corrected chi connectivity index (χ3v) is 3.73. The Kier molecular flexibility index (Phi) is 7.22. The number of benzene rings is 2.